The van der Waals surface area contributed by atoms with Gasteiger partial charge in [-0.15, -0.1) is 0 Å². The Balaban J connectivity index is 2.07. The molecule has 1 aliphatic rings. The van der Waals surface area contributed by atoms with Crippen LogP contribution in [0.25, 0.3) is 0 Å². The lowest BCUT2D eigenvalue weighted by Gasteiger charge is -2.26. The lowest BCUT2D eigenvalue weighted by atomic mass is 9.95. The van der Waals surface area contributed by atoms with Crippen molar-refractivity contribution in [3.63, 3.8) is 0 Å². The molecule has 0 bridgehead atoms. The summed E-state index contributed by atoms with van der Waals surface area (Å²) >= 11 is 0. The van der Waals surface area contributed by atoms with Crippen LogP contribution >= 0.6 is 0 Å². The van der Waals surface area contributed by atoms with Crippen LogP contribution < -0.4 is 5.32 Å². The Morgan fingerprint density at radius 3 is 2.09 bits per heavy atom. The molecule has 0 unspecified atom stereocenters. The fraction of sp³-hybridized carbons (Fsp3) is 0.636. The zero-order valence-corrected chi connectivity index (χ0v) is 19.3. The zero-order chi connectivity index (χ0) is 25.9. The Labute approximate surface area is 193 Å². The largest absolute Gasteiger partial charge is 0.469 e. The second-order valence-electron chi connectivity index (χ2n) is 8.87. The van der Waals surface area contributed by atoms with Gasteiger partial charge in [0.2, 0.25) is 0 Å². The van der Waals surface area contributed by atoms with Crippen LogP contribution in [0.2, 0.25) is 0 Å². The van der Waals surface area contributed by atoms with E-state index in [0.29, 0.717) is 25.0 Å². The summed E-state index contributed by atoms with van der Waals surface area (Å²) < 4.78 is 88.4. The number of nitrogens with one attached hydrogen (secondary N) is 1. The zero-order valence-electron chi connectivity index (χ0n) is 19.3. The molecule has 1 aliphatic heterocycles. The molecule has 0 spiro atoms. The van der Waals surface area contributed by atoms with Crippen LogP contribution in [-0.4, -0.2) is 49.3 Å². The quantitative estimate of drug-likeness (QED) is 0.423. The van der Waals surface area contributed by atoms with E-state index in [1.54, 1.807) is 13.8 Å². The molecule has 2 atom stereocenters. The van der Waals surface area contributed by atoms with Crippen LogP contribution in [0.5, 0.6) is 0 Å². The molecule has 1 N–H and O–H groups in total. The predicted octanol–water partition coefficient (Wildman–Crippen LogP) is 5.00. The average molecular weight is 498 g/mol. The van der Waals surface area contributed by atoms with Crippen molar-refractivity contribution in [1.82, 2.24) is 10.2 Å². The third kappa shape index (κ3) is 7.00. The van der Waals surface area contributed by atoms with Crippen LogP contribution in [0.3, 0.4) is 0 Å². The fourth-order valence-electron chi connectivity index (χ4n) is 3.72. The first-order chi connectivity index (χ1) is 15.6. The Bertz CT molecular complexity index is 853. The summed E-state index contributed by atoms with van der Waals surface area (Å²) in [6, 6.07) is 0.832. The van der Waals surface area contributed by atoms with E-state index in [1.807, 2.05) is 6.92 Å². The minimum absolute atomic E-state index is 0.0831. The minimum atomic E-state index is -4.92. The second-order valence-corrected chi connectivity index (χ2v) is 8.87. The first-order valence-corrected chi connectivity index (χ1v) is 10.6. The highest BCUT2D eigenvalue weighted by Gasteiger charge is 2.39. The van der Waals surface area contributed by atoms with E-state index in [4.69, 9.17) is 4.74 Å². The number of likely N-dealkylation sites (tertiary alicyclic amines) is 1. The van der Waals surface area contributed by atoms with E-state index in [1.165, 1.54) is 12.0 Å². The van der Waals surface area contributed by atoms with E-state index < -0.39 is 41.0 Å². The second kappa shape index (κ2) is 10.4. The monoisotopic (exact) mass is 498 g/mol. The summed E-state index contributed by atoms with van der Waals surface area (Å²) in [5, 5.41) is 2.95. The highest BCUT2D eigenvalue weighted by atomic mass is 19.4. The van der Waals surface area contributed by atoms with Crippen LogP contribution in [0.4, 0.5) is 31.1 Å². The summed E-state index contributed by atoms with van der Waals surface area (Å²) in [4.78, 5) is 25.8. The van der Waals surface area contributed by atoms with Gasteiger partial charge < -0.3 is 19.7 Å². The number of methoxy groups -OCH3 is 1. The molecule has 1 amide bonds. The molecular weight excluding hydrogens is 470 g/mol. The van der Waals surface area contributed by atoms with E-state index in [2.05, 4.69) is 10.1 Å². The average Bonchev–Trinajstić information content (AvgIpc) is 3.17. The van der Waals surface area contributed by atoms with Crippen LogP contribution in [0.15, 0.2) is 18.2 Å². The third-order valence-electron chi connectivity index (χ3n) is 5.66. The number of hydrogen-bond donors (Lipinski definition) is 1. The standard InChI is InChI=1S/C22H28F6N2O4/c1-5-17-9-16(11-30(17)19(32)34-12-20(2,3)18(31)33-4)29-10-13-6-14(21(23,24)25)8-15(7-13)22(26,27)28/h6-8,16-17,29H,5,9-12H2,1-4H3/t16-,17+/m0/s1. The van der Waals surface area contributed by atoms with Crippen molar-refractivity contribution >= 4 is 12.1 Å². The maximum atomic E-state index is 13.1. The Hall–Kier alpha value is -2.50. The molecule has 2 rings (SSSR count). The van der Waals surface area contributed by atoms with Gasteiger partial charge in [-0.25, -0.2) is 4.79 Å². The molecule has 0 aliphatic carbocycles. The Morgan fingerprint density at radius 2 is 1.62 bits per heavy atom. The van der Waals surface area contributed by atoms with Crippen molar-refractivity contribution in [2.24, 2.45) is 5.41 Å². The number of carbonyl (C=O) groups excluding carboxylic acids is 2. The molecule has 12 heteroatoms. The van der Waals surface area contributed by atoms with Crippen molar-refractivity contribution in [3.8, 4) is 0 Å². The van der Waals surface area contributed by atoms with Gasteiger partial charge in [0.05, 0.1) is 23.7 Å². The molecule has 0 saturated carbocycles. The normalized spacial score (nSPS) is 19.3. The first-order valence-electron chi connectivity index (χ1n) is 10.6. The molecule has 1 heterocycles. The molecule has 192 valence electrons. The van der Waals surface area contributed by atoms with Crippen LogP contribution in [0.1, 0.15) is 50.3 Å². The highest BCUT2D eigenvalue weighted by molar-refractivity contribution is 5.76. The van der Waals surface area contributed by atoms with Crippen molar-refractivity contribution in [2.75, 3.05) is 20.3 Å². The number of benzene rings is 1. The number of hydrogen-bond acceptors (Lipinski definition) is 5. The molecule has 1 aromatic rings. The summed E-state index contributed by atoms with van der Waals surface area (Å²) in [6.07, 6.45) is -9.50. The third-order valence-corrected chi connectivity index (χ3v) is 5.66. The predicted molar refractivity (Wildman–Crippen MR) is 110 cm³/mol. The lowest BCUT2D eigenvalue weighted by Crippen LogP contribution is -2.40. The van der Waals surface area contributed by atoms with Gasteiger partial charge in [-0.05, 0) is 50.5 Å². The molecule has 34 heavy (non-hydrogen) atoms. The maximum Gasteiger partial charge on any atom is 0.416 e. The van der Waals surface area contributed by atoms with Gasteiger partial charge in [-0.3, -0.25) is 4.79 Å². The molecule has 0 radical (unpaired) electrons. The topological polar surface area (TPSA) is 67.9 Å². The van der Waals surface area contributed by atoms with Gasteiger partial charge >= 0.3 is 24.4 Å². The fourth-order valence-corrected chi connectivity index (χ4v) is 3.72. The molecule has 1 aromatic carbocycles. The SMILES string of the molecule is CC[C@@H]1C[C@H](NCc2cc(C(F)(F)F)cc(C(F)(F)F)c2)CN1C(=O)OCC(C)(C)C(=O)OC. The van der Waals surface area contributed by atoms with E-state index in [0.717, 1.165) is 0 Å². The van der Waals surface area contributed by atoms with Gasteiger partial charge in [-0.1, -0.05) is 6.92 Å². The summed E-state index contributed by atoms with van der Waals surface area (Å²) in [5.41, 5.74) is -3.98. The molecule has 6 nitrogen and oxygen atoms in total. The number of nitrogens with zero attached hydrogens (tertiary/aromatic N) is 1. The number of carbonyl (C=O) groups is 2. The number of ether oxygens (including phenoxy) is 2. The van der Waals surface area contributed by atoms with Gasteiger partial charge in [0.1, 0.15) is 6.61 Å². The number of halogens is 6. The molecule has 1 saturated heterocycles. The van der Waals surface area contributed by atoms with E-state index >= 15 is 0 Å². The summed E-state index contributed by atoms with van der Waals surface area (Å²) in [5.74, 6) is -0.549. The smallest absolute Gasteiger partial charge is 0.416 e. The van der Waals surface area contributed by atoms with Crippen molar-refractivity contribution in [2.45, 2.75) is 64.6 Å². The van der Waals surface area contributed by atoms with Gasteiger partial charge in [0.15, 0.2) is 0 Å². The number of rotatable bonds is 7. The Morgan fingerprint density at radius 1 is 1.06 bits per heavy atom. The minimum Gasteiger partial charge on any atom is -0.469 e. The maximum absolute atomic E-state index is 13.1. The van der Waals surface area contributed by atoms with E-state index in [-0.39, 0.29) is 43.4 Å². The summed E-state index contributed by atoms with van der Waals surface area (Å²) in [7, 11) is 1.22. The number of alkyl halides is 6. The van der Waals surface area contributed by atoms with Crippen molar-refractivity contribution in [3.05, 3.63) is 34.9 Å². The van der Waals surface area contributed by atoms with Crippen LogP contribution in [-0.2, 0) is 33.2 Å². The van der Waals surface area contributed by atoms with Crippen molar-refractivity contribution in [1.29, 1.82) is 0 Å². The molecular formula is C22H28F6N2O4. The number of esters is 1. The van der Waals surface area contributed by atoms with Crippen LogP contribution in [0, 0.1) is 5.41 Å². The van der Waals surface area contributed by atoms with Gasteiger partial charge in [0.25, 0.3) is 0 Å². The van der Waals surface area contributed by atoms with Crippen molar-refractivity contribution < 1.29 is 45.4 Å². The highest BCUT2D eigenvalue weighted by Crippen LogP contribution is 2.36. The van der Waals surface area contributed by atoms with Gasteiger partial charge in [-0.2, -0.15) is 26.3 Å². The number of amides is 1. The lowest BCUT2D eigenvalue weighted by molar-refractivity contribution is -0.153. The molecule has 0 aromatic heterocycles. The molecule has 1 fully saturated rings. The first kappa shape index (κ1) is 27.7. The van der Waals surface area contributed by atoms with Gasteiger partial charge in [0, 0.05) is 25.2 Å². The Kier molecular flexibility index (Phi) is 8.49. The summed E-state index contributed by atoms with van der Waals surface area (Å²) in [6.45, 7) is 4.65. The van der Waals surface area contributed by atoms with E-state index in [9.17, 15) is 35.9 Å².